The quantitative estimate of drug-likeness (QED) is 0.907. The van der Waals surface area contributed by atoms with E-state index in [4.69, 9.17) is 0 Å². The van der Waals surface area contributed by atoms with E-state index >= 15 is 0 Å². The van der Waals surface area contributed by atoms with Crippen molar-refractivity contribution >= 4 is 15.9 Å². The highest BCUT2D eigenvalue weighted by molar-refractivity contribution is 9.10. The molecular weight excluding hydrogens is 349 g/mol. The van der Waals surface area contributed by atoms with Crippen molar-refractivity contribution in [3.8, 4) is 0 Å². The van der Waals surface area contributed by atoms with Crippen LogP contribution in [0.2, 0.25) is 0 Å². The van der Waals surface area contributed by atoms with Gasteiger partial charge in [-0.15, -0.1) is 5.10 Å². The summed E-state index contributed by atoms with van der Waals surface area (Å²) in [4.78, 5) is 0. The predicted octanol–water partition coefficient (Wildman–Crippen LogP) is 3.30. The van der Waals surface area contributed by atoms with Crippen molar-refractivity contribution in [2.45, 2.75) is 19.1 Å². The highest BCUT2D eigenvalue weighted by Gasteiger charge is 2.34. The molecular formula is C13H14BrF3N4. The summed E-state index contributed by atoms with van der Waals surface area (Å²) in [6.07, 6.45) is -2.86. The molecule has 8 heteroatoms. The summed E-state index contributed by atoms with van der Waals surface area (Å²) in [7, 11) is 1.70. The highest BCUT2D eigenvalue weighted by atomic mass is 79.9. The summed E-state index contributed by atoms with van der Waals surface area (Å²) >= 11 is 2.95. The largest absolute Gasteiger partial charge is 0.417 e. The van der Waals surface area contributed by atoms with Crippen LogP contribution in [-0.2, 0) is 13.2 Å². The van der Waals surface area contributed by atoms with Gasteiger partial charge in [0.05, 0.1) is 23.5 Å². The third-order valence-corrected chi connectivity index (χ3v) is 3.77. The van der Waals surface area contributed by atoms with Gasteiger partial charge in [0, 0.05) is 11.5 Å². The number of hydrogen-bond donors (Lipinski definition) is 1. The van der Waals surface area contributed by atoms with Crippen LogP contribution in [0.3, 0.4) is 0 Å². The number of rotatable bonds is 4. The molecule has 0 spiro atoms. The summed E-state index contributed by atoms with van der Waals surface area (Å²) in [5.41, 5.74) is 0.517. The van der Waals surface area contributed by atoms with Gasteiger partial charge in [-0.05, 0) is 24.2 Å². The summed E-state index contributed by atoms with van der Waals surface area (Å²) in [6.45, 7) is 2.49. The van der Waals surface area contributed by atoms with Crippen molar-refractivity contribution in [3.63, 3.8) is 0 Å². The fourth-order valence-corrected chi connectivity index (χ4v) is 2.57. The van der Waals surface area contributed by atoms with Crippen LogP contribution in [0.1, 0.15) is 29.8 Å². The Morgan fingerprint density at radius 2 is 2.10 bits per heavy atom. The number of alkyl halides is 3. The maximum Gasteiger partial charge on any atom is 0.417 e. The number of halogens is 4. The molecule has 2 rings (SSSR count). The van der Waals surface area contributed by atoms with Crippen LogP contribution in [0, 0.1) is 0 Å². The molecule has 4 nitrogen and oxygen atoms in total. The minimum absolute atomic E-state index is 0.0251. The Morgan fingerprint density at radius 1 is 1.38 bits per heavy atom. The van der Waals surface area contributed by atoms with Crippen molar-refractivity contribution in [3.05, 3.63) is 45.7 Å². The third-order valence-electron chi connectivity index (χ3n) is 3.08. The van der Waals surface area contributed by atoms with Crippen molar-refractivity contribution in [2.75, 3.05) is 6.54 Å². The number of aromatic nitrogens is 3. The minimum atomic E-state index is -4.41. The van der Waals surface area contributed by atoms with Gasteiger partial charge < -0.3 is 5.32 Å². The van der Waals surface area contributed by atoms with E-state index in [1.165, 1.54) is 6.07 Å². The molecule has 1 N–H and O–H groups in total. The molecule has 1 heterocycles. The molecule has 0 saturated heterocycles. The molecule has 1 aromatic carbocycles. The molecule has 0 fully saturated rings. The first-order valence-electron chi connectivity index (χ1n) is 6.29. The first-order chi connectivity index (χ1) is 9.84. The van der Waals surface area contributed by atoms with Gasteiger partial charge in [-0.3, -0.25) is 4.68 Å². The Hall–Kier alpha value is -1.41. The van der Waals surface area contributed by atoms with E-state index in [9.17, 15) is 13.2 Å². The topological polar surface area (TPSA) is 42.7 Å². The second-order valence-corrected chi connectivity index (χ2v) is 5.36. The number of nitrogens with one attached hydrogen (secondary N) is 1. The smallest absolute Gasteiger partial charge is 0.305 e. The van der Waals surface area contributed by atoms with Crippen molar-refractivity contribution in [2.24, 2.45) is 7.05 Å². The molecule has 0 bridgehead atoms. The Labute approximate surface area is 128 Å². The average molecular weight is 363 g/mol. The fourth-order valence-electron chi connectivity index (χ4n) is 2.10. The monoisotopic (exact) mass is 362 g/mol. The Balaban J connectivity index is 2.49. The van der Waals surface area contributed by atoms with Gasteiger partial charge in [0.2, 0.25) is 0 Å². The van der Waals surface area contributed by atoms with Crippen LogP contribution in [0.15, 0.2) is 28.9 Å². The van der Waals surface area contributed by atoms with Gasteiger partial charge in [0.25, 0.3) is 0 Å². The zero-order valence-corrected chi connectivity index (χ0v) is 13.0. The minimum Gasteiger partial charge on any atom is -0.305 e. The molecule has 21 heavy (non-hydrogen) atoms. The lowest BCUT2D eigenvalue weighted by atomic mass is 10.0. The summed E-state index contributed by atoms with van der Waals surface area (Å²) in [5.74, 6) is 0. The van der Waals surface area contributed by atoms with Gasteiger partial charge in [0.15, 0.2) is 0 Å². The molecule has 0 radical (unpaired) electrons. The second kappa shape index (κ2) is 6.15. The Bertz CT molecular complexity index is 624. The molecule has 0 amide bonds. The molecule has 2 aromatic rings. The molecule has 0 saturated carbocycles. The van der Waals surface area contributed by atoms with Crippen LogP contribution in [0.5, 0.6) is 0 Å². The van der Waals surface area contributed by atoms with Gasteiger partial charge in [-0.2, -0.15) is 13.2 Å². The lowest BCUT2D eigenvalue weighted by Crippen LogP contribution is -2.24. The van der Waals surface area contributed by atoms with Crippen LogP contribution >= 0.6 is 15.9 Å². The second-order valence-electron chi connectivity index (χ2n) is 4.51. The molecule has 0 aliphatic heterocycles. The third kappa shape index (κ3) is 3.44. The van der Waals surface area contributed by atoms with E-state index in [0.29, 0.717) is 17.8 Å². The van der Waals surface area contributed by atoms with E-state index in [2.05, 4.69) is 31.6 Å². The fraction of sp³-hybridized carbons (Fsp3) is 0.385. The molecule has 1 atom stereocenters. The zero-order chi connectivity index (χ0) is 15.6. The van der Waals surface area contributed by atoms with Crippen LogP contribution in [-0.4, -0.2) is 21.5 Å². The highest BCUT2D eigenvalue weighted by Crippen LogP contribution is 2.37. The average Bonchev–Trinajstić information content (AvgIpc) is 2.82. The number of aryl methyl sites for hydroxylation is 1. The standard InChI is InChI=1S/C13H14BrF3N4/c1-3-18-12(11-7-19-20-21(11)2)8-4-5-10(14)9(6-8)13(15,16)17/h4-7,12,18H,3H2,1-2H3. The lowest BCUT2D eigenvalue weighted by molar-refractivity contribution is -0.138. The SMILES string of the molecule is CCNC(c1ccc(Br)c(C(F)(F)F)c1)c1cnnn1C. The van der Waals surface area contributed by atoms with E-state index in [-0.39, 0.29) is 4.47 Å². The zero-order valence-electron chi connectivity index (χ0n) is 11.4. The molecule has 0 aliphatic rings. The molecule has 114 valence electrons. The Kier molecular flexibility index (Phi) is 4.67. The first-order valence-corrected chi connectivity index (χ1v) is 7.08. The summed E-state index contributed by atoms with van der Waals surface area (Å²) < 4.78 is 40.6. The van der Waals surface area contributed by atoms with Gasteiger partial charge in [-0.1, -0.05) is 34.1 Å². The Morgan fingerprint density at radius 3 is 2.62 bits per heavy atom. The van der Waals surface area contributed by atoms with E-state index in [0.717, 1.165) is 6.07 Å². The van der Waals surface area contributed by atoms with Crippen molar-refractivity contribution < 1.29 is 13.2 Å². The molecule has 1 unspecified atom stereocenters. The number of nitrogens with zero attached hydrogens (tertiary/aromatic N) is 3. The summed E-state index contributed by atoms with van der Waals surface area (Å²) in [5, 5.41) is 10.8. The van der Waals surface area contributed by atoms with Crippen molar-refractivity contribution in [1.82, 2.24) is 20.3 Å². The normalized spacial score (nSPS) is 13.4. The predicted molar refractivity (Wildman–Crippen MR) is 75.7 cm³/mol. The van der Waals surface area contributed by atoms with Crippen LogP contribution < -0.4 is 5.32 Å². The van der Waals surface area contributed by atoms with E-state index < -0.39 is 17.8 Å². The van der Waals surface area contributed by atoms with Crippen LogP contribution in [0.25, 0.3) is 0 Å². The van der Waals surface area contributed by atoms with Gasteiger partial charge >= 0.3 is 6.18 Å². The van der Waals surface area contributed by atoms with Gasteiger partial charge in [0.1, 0.15) is 0 Å². The maximum atomic E-state index is 13.0. The number of benzene rings is 1. The molecule has 1 aromatic heterocycles. The van der Waals surface area contributed by atoms with E-state index in [1.54, 1.807) is 24.0 Å². The lowest BCUT2D eigenvalue weighted by Gasteiger charge is -2.20. The van der Waals surface area contributed by atoms with E-state index in [1.807, 2.05) is 6.92 Å². The summed E-state index contributed by atoms with van der Waals surface area (Å²) in [6, 6.07) is 3.81. The number of hydrogen-bond acceptors (Lipinski definition) is 3. The van der Waals surface area contributed by atoms with Gasteiger partial charge in [-0.25, -0.2) is 0 Å². The van der Waals surface area contributed by atoms with Crippen LogP contribution in [0.4, 0.5) is 13.2 Å². The van der Waals surface area contributed by atoms with Crippen molar-refractivity contribution in [1.29, 1.82) is 0 Å². The molecule has 0 aliphatic carbocycles. The first kappa shape index (κ1) is 16.0. The maximum absolute atomic E-state index is 13.0.